The molecule has 1 N–H and O–H groups in total. The molecular weight excluding hydrogens is 376 g/mol. The third-order valence-electron chi connectivity index (χ3n) is 4.84. The van der Waals surface area contributed by atoms with Gasteiger partial charge in [-0.05, 0) is 23.3 Å². The zero-order valence-electron chi connectivity index (χ0n) is 18.0. The van der Waals surface area contributed by atoms with E-state index in [-0.39, 0.29) is 0 Å². The lowest BCUT2D eigenvalue weighted by Crippen LogP contribution is -2.40. The molecular formula is C23H30N6O. The summed E-state index contributed by atoms with van der Waals surface area (Å²) in [6.45, 7) is 4.99. The number of hydrogen-bond donors (Lipinski definition) is 1. The molecule has 1 heterocycles. The summed E-state index contributed by atoms with van der Waals surface area (Å²) in [6.07, 6.45) is 2.65. The maximum Gasteiger partial charge on any atom is 0.194 e. The molecule has 30 heavy (non-hydrogen) atoms. The number of aliphatic imine (C=N–C) groups is 1. The summed E-state index contributed by atoms with van der Waals surface area (Å²) in [5, 5.41) is 11.7. The molecule has 0 unspecified atom stereocenters. The van der Waals surface area contributed by atoms with E-state index >= 15 is 0 Å². The molecule has 0 saturated carbocycles. The molecule has 0 radical (unpaired) electrons. The molecule has 2 aromatic carbocycles. The maximum atomic E-state index is 5.25. The zero-order chi connectivity index (χ0) is 21.2. The Balaban J connectivity index is 1.67. The first kappa shape index (κ1) is 21.4. The van der Waals surface area contributed by atoms with Crippen LogP contribution in [0.25, 0.3) is 0 Å². The van der Waals surface area contributed by atoms with Crippen molar-refractivity contribution in [2.75, 3.05) is 20.7 Å². The van der Waals surface area contributed by atoms with Crippen LogP contribution in [0.1, 0.15) is 23.9 Å². The van der Waals surface area contributed by atoms with Crippen LogP contribution in [0.3, 0.4) is 0 Å². The van der Waals surface area contributed by atoms with Crippen molar-refractivity contribution in [1.82, 2.24) is 25.0 Å². The number of nitrogens with zero attached hydrogens (tertiary/aromatic N) is 5. The van der Waals surface area contributed by atoms with E-state index in [9.17, 15) is 0 Å². The van der Waals surface area contributed by atoms with Gasteiger partial charge in [0.25, 0.3) is 0 Å². The Labute approximate surface area is 178 Å². The molecule has 0 aliphatic carbocycles. The largest absolute Gasteiger partial charge is 0.497 e. The zero-order valence-corrected chi connectivity index (χ0v) is 18.0. The van der Waals surface area contributed by atoms with Gasteiger partial charge in [-0.2, -0.15) is 0 Å². The Morgan fingerprint density at radius 2 is 1.87 bits per heavy atom. The minimum absolute atomic E-state index is 0.628. The van der Waals surface area contributed by atoms with Crippen molar-refractivity contribution in [2.45, 2.75) is 33.0 Å². The highest BCUT2D eigenvalue weighted by molar-refractivity contribution is 5.79. The van der Waals surface area contributed by atoms with E-state index in [4.69, 9.17) is 9.73 Å². The van der Waals surface area contributed by atoms with Crippen LogP contribution in [0, 0.1) is 0 Å². The molecule has 7 nitrogen and oxygen atoms in total. The van der Waals surface area contributed by atoms with E-state index in [0.717, 1.165) is 43.6 Å². The maximum absolute atomic E-state index is 5.25. The molecule has 7 heteroatoms. The van der Waals surface area contributed by atoms with Gasteiger partial charge in [-0.25, -0.2) is 4.99 Å². The number of aryl methyl sites for hydroxylation is 1. The standard InChI is InChI=1S/C23H30N6O/c1-4-22-27-26-18-29(22)15-14-24-23(25-16-19-8-6-5-7-9-19)28(2)17-20-10-12-21(30-3)13-11-20/h5-13,18H,4,14-17H2,1-3H3,(H,24,25). The van der Waals surface area contributed by atoms with Crippen molar-refractivity contribution < 1.29 is 4.74 Å². The first-order valence-corrected chi connectivity index (χ1v) is 10.2. The van der Waals surface area contributed by atoms with E-state index in [2.05, 4.69) is 63.2 Å². The number of hydrogen-bond acceptors (Lipinski definition) is 4. The SMILES string of the molecule is CCc1nncn1CCNC(=NCc1ccccc1)N(C)Cc1ccc(OC)cc1. The second kappa shape index (κ2) is 11.0. The van der Waals surface area contributed by atoms with E-state index in [0.29, 0.717) is 6.54 Å². The molecule has 0 saturated heterocycles. The Bertz CT molecular complexity index is 920. The first-order valence-electron chi connectivity index (χ1n) is 10.2. The van der Waals surface area contributed by atoms with Crippen molar-refractivity contribution in [3.8, 4) is 5.75 Å². The third-order valence-corrected chi connectivity index (χ3v) is 4.84. The lowest BCUT2D eigenvalue weighted by atomic mass is 10.2. The molecule has 0 bridgehead atoms. The van der Waals surface area contributed by atoms with Gasteiger partial charge in [0.2, 0.25) is 0 Å². The number of guanidine groups is 1. The summed E-state index contributed by atoms with van der Waals surface area (Å²) in [6, 6.07) is 18.4. The van der Waals surface area contributed by atoms with Crippen molar-refractivity contribution in [1.29, 1.82) is 0 Å². The summed E-state index contributed by atoms with van der Waals surface area (Å²) in [5.41, 5.74) is 2.38. The number of methoxy groups -OCH3 is 1. The molecule has 1 aromatic heterocycles. The van der Waals surface area contributed by atoms with Gasteiger partial charge in [0.15, 0.2) is 5.96 Å². The fourth-order valence-corrected chi connectivity index (χ4v) is 3.17. The van der Waals surface area contributed by atoms with Crippen LogP contribution < -0.4 is 10.1 Å². The lowest BCUT2D eigenvalue weighted by molar-refractivity contribution is 0.414. The monoisotopic (exact) mass is 406 g/mol. The predicted octanol–water partition coefficient (Wildman–Crippen LogP) is 3.13. The smallest absolute Gasteiger partial charge is 0.194 e. The van der Waals surface area contributed by atoms with Gasteiger partial charge in [0.1, 0.15) is 17.9 Å². The summed E-state index contributed by atoms with van der Waals surface area (Å²) < 4.78 is 7.33. The topological polar surface area (TPSA) is 67.6 Å². The van der Waals surface area contributed by atoms with Crippen molar-refractivity contribution in [2.24, 2.45) is 4.99 Å². The molecule has 0 fully saturated rings. The van der Waals surface area contributed by atoms with Gasteiger partial charge in [0.05, 0.1) is 13.7 Å². The van der Waals surface area contributed by atoms with Crippen LogP contribution in [-0.4, -0.2) is 46.3 Å². The summed E-state index contributed by atoms with van der Waals surface area (Å²) >= 11 is 0. The Morgan fingerprint density at radius 1 is 1.10 bits per heavy atom. The van der Waals surface area contributed by atoms with Crippen molar-refractivity contribution in [3.05, 3.63) is 77.9 Å². The second-order valence-electron chi connectivity index (χ2n) is 7.05. The molecule has 0 aliphatic rings. The normalized spacial score (nSPS) is 11.4. The number of ether oxygens (including phenoxy) is 1. The minimum Gasteiger partial charge on any atom is -0.497 e. The highest BCUT2D eigenvalue weighted by atomic mass is 16.5. The Kier molecular flexibility index (Phi) is 7.83. The summed E-state index contributed by atoms with van der Waals surface area (Å²) in [7, 11) is 3.73. The molecule has 0 spiro atoms. The first-order chi connectivity index (χ1) is 14.7. The fourth-order valence-electron chi connectivity index (χ4n) is 3.17. The van der Waals surface area contributed by atoms with Gasteiger partial charge < -0.3 is 19.5 Å². The molecule has 0 amide bonds. The van der Waals surface area contributed by atoms with Crippen LogP contribution >= 0.6 is 0 Å². The van der Waals surface area contributed by atoms with Crippen LogP contribution in [0.5, 0.6) is 5.75 Å². The van der Waals surface area contributed by atoms with E-state index in [1.807, 2.05) is 30.3 Å². The second-order valence-corrected chi connectivity index (χ2v) is 7.05. The molecule has 0 aliphatic heterocycles. The molecule has 0 atom stereocenters. The predicted molar refractivity (Wildman–Crippen MR) is 119 cm³/mol. The number of nitrogens with one attached hydrogen (secondary N) is 1. The number of aromatic nitrogens is 3. The molecule has 3 rings (SSSR count). The average Bonchev–Trinajstić information content (AvgIpc) is 3.24. The quantitative estimate of drug-likeness (QED) is 0.437. The molecule has 158 valence electrons. The van der Waals surface area contributed by atoms with Gasteiger partial charge in [0, 0.05) is 33.1 Å². The molecule has 3 aromatic rings. The van der Waals surface area contributed by atoms with E-state index in [1.165, 1.54) is 11.1 Å². The summed E-state index contributed by atoms with van der Waals surface area (Å²) in [5.74, 6) is 2.71. The van der Waals surface area contributed by atoms with Crippen molar-refractivity contribution >= 4 is 5.96 Å². The highest BCUT2D eigenvalue weighted by Gasteiger charge is 2.09. The number of benzene rings is 2. The van der Waals surface area contributed by atoms with Gasteiger partial charge in [-0.3, -0.25) is 0 Å². The van der Waals surface area contributed by atoms with E-state index < -0.39 is 0 Å². The van der Waals surface area contributed by atoms with Gasteiger partial charge >= 0.3 is 0 Å². The lowest BCUT2D eigenvalue weighted by Gasteiger charge is -2.23. The fraction of sp³-hybridized carbons (Fsp3) is 0.348. The van der Waals surface area contributed by atoms with Crippen LogP contribution in [-0.2, 0) is 26.1 Å². The van der Waals surface area contributed by atoms with Gasteiger partial charge in [-0.15, -0.1) is 10.2 Å². The minimum atomic E-state index is 0.628. The number of rotatable bonds is 9. The van der Waals surface area contributed by atoms with Crippen LogP contribution in [0.15, 0.2) is 65.9 Å². The highest BCUT2D eigenvalue weighted by Crippen LogP contribution is 2.13. The average molecular weight is 407 g/mol. The third kappa shape index (κ3) is 6.07. The van der Waals surface area contributed by atoms with Gasteiger partial charge in [-0.1, -0.05) is 49.4 Å². The Hall–Kier alpha value is -3.35. The van der Waals surface area contributed by atoms with E-state index in [1.54, 1.807) is 13.4 Å². The van der Waals surface area contributed by atoms with Crippen LogP contribution in [0.4, 0.5) is 0 Å². The van der Waals surface area contributed by atoms with Crippen LogP contribution in [0.2, 0.25) is 0 Å². The summed E-state index contributed by atoms with van der Waals surface area (Å²) in [4.78, 5) is 6.99. The van der Waals surface area contributed by atoms with Crippen molar-refractivity contribution in [3.63, 3.8) is 0 Å². The Morgan fingerprint density at radius 3 is 2.57 bits per heavy atom.